The number of benzene rings is 3. The standard InChI is InChI=1S/C28H20ClN5OS/c1-17-11-12-18(2)23(13-17)25-20(16-33(31-25)22-9-4-3-5-10-22)15-24-27(35)34-28(36-24)30-26(32-34)19-7-6-8-21(29)14-19/h3-16H,1-2H3. The number of hydrogen-bond acceptors (Lipinski definition) is 5. The molecular weight excluding hydrogens is 490 g/mol. The lowest BCUT2D eigenvalue weighted by Gasteiger charge is -2.05. The van der Waals surface area contributed by atoms with Crippen molar-refractivity contribution in [3.05, 3.63) is 116 Å². The largest absolute Gasteiger partial charge is 0.291 e. The van der Waals surface area contributed by atoms with Gasteiger partial charge in [-0.15, -0.1) is 5.10 Å². The summed E-state index contributed by atoms with van der Waals surface area (Å²) in [4.78, 5) is 18.4. The third-order valence-corrected chi connectivity index (χ3v) is 7.16. The zero-order valence-corrected chi connectivity index (χ0v) is 21.1. The first kappa shape index (κ1) is 22.4. The van der Waals surface area contributed by atoms with E-state index in [1.165, 1.54) is 15.9 Å². The summed E-state index contributed by atoms with van der Waals surface area (Å²) in [5, 5.41) is 9.96. The van der Waals surface area contributed by atoms with Gasteiger partial charge in [0, 0.05) is 27.9 Å². The quantitative estimate of drug-likeness (QED) is 0.315. The lowest BCUT2D eigenvalue weighted by molar-refractivity contribution is 0.884. The summed E-state index contributed by atoms with van der Waals surface area (Å²) < 4.78 is 3.75. The molecule has 3 aromatic carbocycles. The van der Waals surface area contributed by atoms with Crippen molar-refractivity contribution in [2.75, 3.05) is 0 Å². The van der Waals surface area contributed by atoms with Gasteiger partial charge in [0.2, 0.25) is 4.96 Å². The lowest BCUT2D eigenvalue weighted by atomic mass is 10.0. The highest BCUT2D eigenvalue weighted by molar-refractivity contribution is 7.15. The second-order valence-corrected chi connectivity index (χ2v) is 10.0. The highest BCUT2D eigenvalue weighted by Crippen LogP contribution is 2.28. The first-order valence-electron chi connectivity index (χ1n) is 11.4. The van der Waals surface area contributed by atoms with Gasteiger partial charge < -0.3 is 0 Å². The Morgan fingerprint density at radius 2 is 1.78 bits per heavy atom. The summed E-state index contributed by atoms with van der Waals surface area (Å²) in [6, 6.07) is 23.5. The van der Waals surface area contributed by atoms with Crippen molar-refractivity contribution in [2.24, 2.45) is 0 Å². The minimum Gasteiger partial charge on any atom is -0.266 e. The fourth-order valence-corrected chi connectivity index (χ4v) is 5.22. The molecular formula is C28H20ClN5OS. The molecule has 0 saturated carbocycles. The number of aryl methyl sites for hydroxylation is 2. The maximum absolute atomic E-state index is 13.3. The first-order chi connectivity index (χ1) is 17.5. The average Bonchev–Trinajstić information content (AvgIpc) is 3.57. The van der Waals surface area contributed by atoms with Crippen LogP contribution in [-0.4, -0.2) is 24.4 Å². The van der Waals surface area contributed by atoms with E-state index in [0.717, 1.165) is 39.2 Å². The summed E-state index contributed by atoms with van der Waals surface area (Å²) in [5.41, 5.74) is 6.46. The second-order valence-electron chi connectivity index (χ2n) is 8.59. The van der Waals surface area contributed by atoms with Crippen LogP contribution in [0.25, 0.3) is 39.4 Å². The van der Waals surface area contributed by atoms with Crippen molar-refractivity contribution in [3.8, 4) is 28.3 Å². The van der Waals surface area contributed by atoms with Crippen LogP contribution in [0.5, 0.6) is 0 Å². The van der Waals surface area contributed by atoms with Crippen LogP contribution in [0.4, 0.5) is 0 Å². The molecule has 0 fully saturated rings. The maximum atomic E-state index is 13.3. The number of thiazole rings is 1. The van der Waals surface area contributed by atoms with Crippen LogP contribution < -0.4 is 10.1 Å². The lowest BCUT2D eigenvalue weighted by Crippen LogP contribution is -2.23. The van der Waals surface area contributed by atoms with Crippen LogP contribution in [0.2, 0.25) is 5.02 Å². The van der Waals surface area contributed by atoms with Crippen molar-refractivity contribution < 1.29 is 0 Å². The van der Waals surface area contributed by atoms with Crippen molar-refractivity contribution >= 4 is 34.0 Å². The van der Waals surface area contributed by atoms with Gasteiger partial charge in [-0.3, -0.25) is 4.79 Å². The van der Waals surface area contributed by atoms with Gasteiger partial charge in [0.15, 0.2) is 5.82 Å². The molecule has 0 atom stereocenters. The molecule has 36 heavy (non-hydrogen) atoms. The Hall–Kier alpha value is -4.07. The molecule has 0 bridgehead atoms. The Kier molecular flexibility index (Phi) is 5.51. The van der Waals surface area contributed by atoms with Crippen LogP contribution in [-0.2, 0) is 0 Å². The van der Waals surface area contributed by atoms with Gasteiger partial charge in [-0.25, -0.2) is 4.68 Å². The molecule has 0 unspecified atom stereocenters. The maximum Gasteiger partial charge on any atom is 0.291 e. The van der Waals surface area contributed by atoms with Gasteiger partial charge in [0.1, 0.15) is 5.69 Å². The predicted molar refractivity (Wildman–Crippen MR) is 145 cm³/mol. The number of aromatic nitrogens is 5. The molecule has 0 radical (unpaired) electrons. The van der Waals surface area contributed by atoms with Crippen molar-refractivity contribution in [3.63, 3.8) is 0 Å². The third-order valence-electron chi connectivity index (χ3n) is 5.96. The smallest absolute Gasteiger partial charge is 0.266 e. The molecule has 0 N–H and O–H groups in total. The minimum absolute atomic E-state index is 0.213. The topological polar surface area (TPSA) is 65.1 Å². The van der Waals surface area contributed by atoms with Gasteiger partial charge in [0.25, 0.3) is 5.56 Å². The number of rotatable bonds is 4. The van der Waals surface area contributed by atoms with E-state index in [9.17, 15) is 4.79 Å². The fourth-order valence-electron chi connectivity index (χ4n) is 4.13. The van der Waals surface area contributed by atoms with E-state index in [2.05, 4.69) is 42.1 Å². The SMILES string of the molecule is Cc1ccc(C)c(-c2nn(-c3ccccc3)cc2C=c2sc3nc(-c4cccc(Cl)c4)nn3c2=O)c1. The molecule has 0 saturated heterocycles. The number of nitrogens with zero attached hydrogens (tertiary/aromatic N) is 5. The summed E-state index contributed by atoms with van der Waals surface area (Å²) in [6.45, 7) is 4.13. The Morgan fingerprint density at radius 3 is 2.56 bits per heavy atom. The molecule has 0 spiro atoms. The van der Waals surface area contributed by atoms with E-state index in [0.29, 0.717) is 20.3 Å². The van der Waals surface area contributed by atoms with Gasteiger partial charge in [-0.05, 0) is 55.8 Å². The van der Waals surface area contributed by atoms with Crippen LogP contribution in [0.3, 0.4) is 0 Å². The fraction of sp³-hybridized carbons (Fsp3) is 0.0714. The molecule has 6 nitrogen and oxygen atoms in total. The van der Waals surface area contributed by atoms with Crippen LogP contribution in [0, 0.1) is 13.8 Å². The van der Waals surface area contributed by atoms with Gasteiger partial charge in [-0.2, -0.15) is 14.6 Å². The van der Waals surface area contributed by atoms with E-state index in [-0.39, 0.29) is 5.56 Å². The molecule has 3 aromatic heterocycles. The Balaban J connectivity index is 1.51. The van der Waals surface area contributed by atoms with E-state index >= 15 is 0 Å². The van der Waals surface area contributed by atoms with Crippen LogP contribution >= 0.6 is 22.9 Å². The second kappa shape index (κ2) is 8.86. The van der Waals surface area contributed by atoms with Gasteiger partial charge in [-0.1, -0.05) is 71.0 Å². The van der Waals surface area contributed by atoms with Crippen molar-refractivity contribution in [2.45, 2.75) is 13.8 Å². The van der Waals surface area contributed by atoms with Crippen molar-refractivity contribution in [1.82, 2.24) is 24.4 Å². The number of para-hydroxylation sites is 1. The molecule has 176 valence electrons. The highest BCUT2D eigenvalue weighted by Gasteiger charge is 2.16. The van der Waals surface area contributed by atoms with Crippen LogP contribution in [0.15, 0.2) is 83.8 Å². The van der Waals surface area contributed by atoms with E-state index in [4.69, 9.17) is 16.7 Å². The molecule has 6 rings (SSSR count). The number of fused-ring (bicyclic) bond motifs is 1. The molecule has 6 aromatic rings. The normalized spacial score (nSPS) is 12.0. The van der Waals surface area contributed by atoms with E-state index in [1.54, 1.807) is 12.1 Å². The Labute approximate surface area is 215 Å². The zero-order chi connectivity index (χ0) is 24.8. The summed E-state index contributed by atoms with van der Waals surface area (Å²) in [7, 11) is 0. The molecule has 8 heteroatoms. The third kappa shape index (κ3) is 4.02. The van der Waals surface area contributed by atoms with Crippen molar-refractivity contribution in [1.29, 1.82) is 0 Å². The first-order valence-corrected chi connectivity index (χ1v) is 12.6. The number of halogens is 1. The summed E-state index contributed by atoms with van der Waals surface area (Å²) >= 11 is 7.42. The molecule has 3 heterocycles. The average molecular weight is 510 g/mol. The minimum atomic E-state index is -0.213. The molecule has 0 aliphatic heterocycles. The van der Waals surface area contributed by atoms with Crippen LogP contribution in [0.1, 0.15) is 16.7 Å². The summed E-state index contributed by atoms with van der Waals surface area (Å²) in [6.07, 6.45) is 3.84. The molecule has 0 aliphatic carbocycles. The highest BCUT2D eigenvalue weighted by atomic mass is 35.5. The zero-order valence-electron chi connectivity index (χ0n) is 19.5. The number of hydrogen-bond donors (Lipinski definition) is 0. The monoisotopic (exact) mass is 509 g/mol. The van der Waals surface area contributed by atoms with E-state index in [1.807, 2.05) is 59.4 Å². The predicted octanol–water partition coefficient (Wildman–Crippen LogP) is 5.49. The van der Waals surface area contributed by atoms with Gasteiger partial charge in [0.05, 0.1) is 10.2 Å². The Morgan fingerprint density at radius 1 is 0.944 bits per heavy atom. The van der Waals surface area contributed by atoms with E-state index < -0.39 is 0 Å². The Bertz CT molecular complexity index is 1850. The molecule has 0 aliphatic rings. The molecule has 0 amide bonds. The summed E-state index contributed by atoms with van der Waals surface area (Å²) in [5.74, 6) is 0.473. The van der Waals surface area contributed by atoms with Gasteiger partial charge >= 0.3 is 0 Å².